The van der Waals surface area contributed by atoms with Crippen LogP contribution in [0.25, 0.3) is 11.0 Å². The minimum atomic E-state index is -0.565. The van der Waals surface area contributed by atoms with E-state index in [9.17, 15) is 9.59 Å². The molecule has 0 N–H and O–H groups in total. The molecule has 1 fully saturated rings. The molecule has 4 nitrogen and oxygen atoms in total. The quantitative estimate of drug-likeness (QED) is 0.688. The zero-order chi connectivity index (χ0) is 15.8. The summed E-state index contributed by atoms with van der Waals surface area (Å²) in [5.74, 6) is -0.238. The van der Waals surface area contributed by atoms with E-state index >= 15 is 0 Å². The molecule has 5 heteroatoms. The summed E-state index contributed by atoms with van der Waals surface area (Å²) in [6, 6.07) is 11.1. The van der Waals surface area contributed by atoms with Crippen LogP contribution in [-0.4, -0.2) is 16.8 Å². The van der Waals surface area contributed by atoms with E-state index in [-0.39, 0.29) is 17.5 Å². The molecule has 116 valence electrons. The van der Waals surface area contributed by atoms with Crippen molar-refractivity contribution in [2.75, 3.05) is 0 Å². The van der Waals surface area contributed by atoms with Crippen molar-refractivity contribution >= 4 is 28.2 Å². The average Bonchev–Trinajstić information content (AvgIpc) is 3.27. The molecule has 1 saturated carbocycles. The summed E-state index contributed by atoms with van der Waals surface area (Å²) < 4.78 is 5.30. The zero-order valence-corrected chi connectivity index (χ0v) is 13.2. The lowest BCUT2D eigenvalue weighted by Crippen LogP contribution is -2.35. The van der Waals surface area contributed by atoms with E-state index in [1.807, 2.05) is 29.0 Å². The van der Waals surface area contributed by atoms with E-state index in [1.165, 1.54) is 0 Å². The van der Waals surface area contributed by atoms with E-state index < -0.39 is 5.63 Å². The van der Waals surface area contributed by atoms with Crippen molar-refractivity contribution in [1.29, 1.82) is 0 Å². The fourth-order valence-electron chi connectivity index (χ4n) is 2.70. The van der Waals surface area contributed by atoms with Crippen LogP contribution in [0.4, 0.5) is 0 Å². The molecule has 3 aromatic rings. The fraction of sp³-hybridized carbons (Fsp3) is 0.222. The van der Waals surface area contributed by atoms with Crippen molar-refractivity contribution in [2.45, 2.75) is 25.4 Å². The highest BCUT2D eigenvalue weighted by Gasteiger charge is 2.34. The molecule has 0 radical (unpaired) electrons. The second-order valence-electron chi connectivity index (χ2n) is 5.78. The van der Waals surface area contributed by atoms with Crippen LogP contribution in [0, 0.1) is 0 Å². The van der Waals surface area contributed by atoms with Gasteiger partial charge < -0.3 is 9.32 Å². The summed E-state index contributed by atoms with van der Waals surface area (Å²) in [4.78, 5) is 26.9. The first kappa shape index (κ1) is 14.2. The van der Waals surface area contributed by atoms with Crippen molar-refractivity contribution in [3.63, 3.8) is 0 Å². The minimum Gasteiger partial charge on any atom is -0.422 e. The van der Waals surface area contributed by atoms with Crippen LogP contribution in [-0.2, 0) is 6.54 Å². The molecule has 0 unspecified atom stereocenters. The molecule has 0 bridgehead atoms. The second-order valence-corrected chi connectivity index (χ2v) is 6.56. The van der Waals surface area contributed by atoms with Crippen LogP contribution in [0.3, 0.4) is 0 Å². The molecule has 0 spiro atoms. The molecule has 1 aliphatic rings. The molecule has 0 aliphatic heterocycles. The summed E-state index contributed by atoms with van der Waals surface area (Å²) in [5.41, 5.74) is 1.15. The molecule has 0 saturated heterocycles. The Hall–Kier alpha value is -2.40. The average molecular weight is 325 g/mol. The van der Waals surface area contributed by atoms with E-state index in [0.29, 0.717) is 12.1 Å². The fourth-order valence-corrected chi connectivity index (χ4v) is 3.36. The number of para-hydroxylation sites is 1. The van der Waals surface area contributed by atoms with Crippen LogP contribution in [0.5, 0.6) is 0 Å². The Morgan fingerprint density at radius 3 is 2.83 bits per heavy atom. The van der Waals surface area contributed by atoms with Crippen molar-refractivity contribution < 1.29 is 9.21 Å². The molecule has 1 aliphatic carbocycles. The standard InChI is InChI=1S/C18H15NO3S/c20-17(19(14-5-6-14)10-12-7-8-23-11-12)15-9-13-3-1-2-4-16(13)22-18(15)21/h1-4,7-9,11,14H,5-6,10H2. The predicted octanol–water partition coefficient (Wildman–Crippen LogP) is 3.66. The number of fused-ring (bicyclic) bond motifs is 1. The maximum absolute atomic E-state index is 12.9. The number of amides is 1. The van der Waals surface area contributed by atoms with E-state index in [2.05, 4.69) is 0 Å². The number of carbonyl (C=O) groups is 1. The zero-order valence-electron chi connectivity index (χ0n) is 12.4. The van der Waals surface area contributed by atoms with E-state index in [4.69, 9.17) is 4.42 Å². The summed E-state index contributed by atoms with van der Waals surface area (Å²) in [6.07, 6.45) is 1.99. The van der Waals surface area contributed by atoms with Gasteiger partial charge in [0.2, 0.25) is 0 Å². The first-order chi connectivity index (χ1) is 11.2. The first-order valence-corrected chi connectivity index (χ1v) is 8.51. The number of benzene rings is 1. The molecule has 2 heterocycles. The molecular weight excluding hydrogens is 310 g/mol. The molecule has 4 rings (SSSR count). The van der Waals surface area contributed by atoms with Gasteiger partial charge in [-0.1, -0.05) is 18.2 Å². The van der Waals surface area contributed by atoms with Gasteiger partial charge in [0.15, 0.2) is 0 Å². The van der Waals surface area contributed by atoms with Crippen LogP contribution >= 0.6 is 11.3 Å². The third-order valence-corrected chi connectivity index (χ3v) is 4.79. The lowest BCUT2D eigenvalue weighted by Gasteiger charge is -2.21. The van der Waals surface area contributed by atoms with E-state index in [1.54, 1.807) is 34.4 Å². The number of carbonyl (C=O) groups excluding carboxylic acids is 1. The van der Waals surface area contributed by atoms with Crippen LogP contribution in [0.1, 0.15) is 28.8 Å². The number of hydrogen-bond acceptors (Lipinski definition) is 4. The Morgan fingerprint density at radius 1 is 1.26 bits per heavy atom. The molecule has 2 aromatic heterocycles. The highest BCUT2D eigenvalue weighted by atomic mass is 32.1. The normalized spacial score (nSPS) is 14.1. The van der Waals surface area contributed by atoms with Gasteiger partial charge >= 0.3 is 5.63 Å². The number of rotatable bonds is 4. The van der Waals surface area contributed by atoms with Crippen molar-refractivity contribution in [3.8, 4) is 0 Å². The SMILES string of the molecule is O=C(c1cc2ccccc2oc1=O)N(Cc1ccsc1)C1CC1. The van der Waals surface area contributed by atoms with E-state index in [0.717, 1.165) is 23.8 Å². The van der Waals surface area contributed by atoms with Gasteiger partial charge in [0.1, 0.15) is 11.1 Å². The molecule has 1 amide bonds. The third kappa shape index (κ3) is 2.80. The van der Waals surface area contributed by atoms with Gasteiger partial charge in [0.05, 0.1) is 0 Å². The lowest BCUT2D eigenvalue weighted by atomic mass is 10.1. The van der Waals surface area contributed by atoms with Gasteiger partial charge in [-0.3, -0.25) is 4.79 Å². The highest BCUT2D eigenvalue weighted by molar-refractivity contribution is 7.07. The minimum absolute atomic E-state index is 0.117. The summed E-state index contributed by atoms with van der Waals surface area (Å²) >= 11 is 1.61. The van der Waals surface area contributed by atoms with Gasteiger partial charge in [0, 0.05) is 18.0 Å². The van der Waals surface area contributed by atoms with Crippen LogP contribution < -0.4 is 5.63 Å². The topological polar surface area (TPSA) is 50.5 Å². The van der Waals surface area contributed by atoms with Crippen LogP contribution in [0.2, 0.25) is 0 Å². The largest absolute Gasteiger partial charge is 0.422 e. The summed E-state index contributed by atoms with van der Waals surface area (Å²) in [6.45, 7) is 0.541. The van der Waals surface area contributed by atoms with Gasteiger partial charge in [0.25, 0.3) is 5.91 Å². The van der Waals surface area contributed by atoms with Gasteiger partial charge in [-0.15, -0.1) is 0 Å². The summed E-state index contributed by atoms with van der Waals surface area (Å²) in [5, 5.41) is 4.79. The van der Waals surface area contributed by atoms with Gasteiger partial charge in [-0.2, -0.15) is 11.3 Å². The van der Waals surface area contributed by atoms with Gasteiger partial charge in [-0.05, 0) is 47.4 Å². The lowest BCUT2D eigenvalue weighted by molar-refractivity contribution is 0.0726. The Balaban J connectivity index is 1.71. The third-order valence-electron chi connectivity index (χ3n) is 4.05. The van der Waals surface area contributed by atoms with Crippen molar-refractivity contribution in [2.24, 2.45) is 0 Å². The number of nitrogens with zero attached hydrogens (tertiary/aromatic N) is 1. The molecular formula is C18H15NO3S. The monoisotopic (exact) mass is 325 g/mol. The Kier molecular flexibility index (Phi) is 3.50. The molecule has 0 atom stereocenters. The van der Waals surface area contributed by atoms with Gasteiger partial charge in [-0.25, -0.2) is 4.79 Å². The maximum atomic E-state index is 12.9. The Bertz CT molecular complexity index is 909. The molecule has 1 aromatic carbocycles. The number of hydrogen-bond donors (Lipinski definition) is 0. The van der Waals surface area contributed by atoms with Crippen LogP contribution in [0.15, 0.2) is 56.4 Å². The first-order valence-electron chi connectivity index (χ1n) is 7.57. The van der Waals surface area contributed by atoms with Crippen molar-refractivity contribution in [1.82, 2.24) is 4.90 Å². The predicted molar refractivity (Wildman–Crippen MR) is 89.7 cm³/mol. The Labute approximate surface area is 137 Å². The Morgan fingerprint density at radius 2 is 2.09 bits per heavy atom. The smallest absolute Gasteiger partial charge is 0.349 e. The number of thiophene rings is 1. The maximum Gasteiger partial charge on any atom is 0.349 e. The highest BCUT2D eigenvalue weighted by Crippen LogP contribution is 2.30. The second kappa shape index (κ2) is 5.66. The van der Waals surface area contributed by atoms with Crippen molar-refractivity contribution in [3.05, 3.63) is 68.7 Å². The molecule has 23 heavy (non-hydrogen) atoms. The summed E-state index contributed by atoms with van der Waals surface area (Å²) in [7, 11) is 0.